The molecule has 1 saturated carbocycles. The van der Waals surface area contributed by atoms with Crippen molar-refractivity contribution in [2.75, 3.05) is 6.61 Å². The standard InChI is InChI=1S/C8H14F2O2/c1-6(2,12)7(5-11)3-8(9,10)4-7/h11-12H,3-5H2,1-2H3. The Morgan fingerprint density at radius 2 is 1.75 bits per heavy atom. The van der Waals surface area contributed by atoms with E-state index in [0.717, 1.165) is 0 Å². The van der Waals surface area contributed by atoms with Gasteiger partial charge in [0.05, 0.1) is 12.2 Å². The third-order valence-corrected chi connectivity index (χ3v) is 2.79. The second kappa shape index (κ2) is 2.39. The lowest BCUT2D eigenvalue weighted by Gasteiger charge is -2.53. The van der Waals surface area contributed by atoms with E-state index < -0.39 is 29.8 Å². The van der Waals surface area contributed by atoms with Crippen LogP contribution in [0.25, 0.3) is 0 Å². The van der Waals surface area contributed by atoms with E-state index in [9.17, 15) is 13.9 Å². The van der Waals surface area contributed by atoms with Crippen molar-refractivity contribution in [2.24, 2.45) is 5.41 Å². The van der Waals surface area contributed by atoms with Crippen LogP contribution in [0.5, 0.6) is 0 Å². The van der Waals surface area contributed by atoms with Crippen molar-refractivity contribution in [2.45, 2.75) is 38.2 Å². The molecule has 0 bridgehead atoms. The van der Waals surface area contributed by atoms with Gasteiger partial charge in [-0.05, 0) is 13.8 Å². The van der Waals surface area contributed by atoms with Crippen LogP contribution in [0.15, 0.2) is 0 Å². The molecule has 1 aliphatic carbocycles. The molecule has 0 radical (unpaired) electrons. The normalized spacial score (nSPS) is 26.5. The zero-order chi connectivity index (χ0) is 9.62. The van der Waals surface area contributed by atoms with Gasteiger partial charge in [-0.1, -0.05) is 0 Å². The molecule has 0 aromatic carbocycles. The fourth-order valence-corrected chi connectivity index (χ4v) is 1.68. The molecule has 0 heterocycles. The molecule has 0 aliphatic heterocycles. The van der Waals surface area contributed by atoms with Crippen LogP contribution in [0.4, 0.5) is 8.78 Å². The zero-order valence-corrected chi connectivity index (χ0v) is 7.27. The van der Waals surface area contributed by atoms with Gasteiger partial charge >= 0.3 is 0 Å². The number of rotatable bonds is 2. The van der Waals surface area contributed by atoms with Gasteiger partial charge in [0.25, 0.3) is 0 Å². The molecule has 1 rings (SSSR count). The first-order chi connectivity index (χ1) is 5.22. The minimum atomic E-state index is -2.71. The summed E-state index contributed by atoms with van der Waals surface area (Å²) >= 11 is 0. The first kappa shape index (κ1) is 9.86. The Bertz CT molecular complexity index is 176. The average molecular weight is 180 g/mol. The van der Waals surface area contributed by atoms with Crippen molar-refractivity contribution in [3.8, 4) is 0 Å². The van der Waals surface area contributed by atoms with E-state index in [2.05, 4.69) is 0 Å². The van der Waals surface area contributed by atoms with Crippen LogP contribution < -0.4 is 0 Å². The van der Waals surface area contributed by atoms with E-state index in [1.54, 1.807) is 0 Å². The van der Waals surface area contributed by atoms with Crippen LogP contribution in [0.3, 0.4) is 0 Å². The lowest BCUT2D eigenvalue weighted by atomic mass is 9.58. The summed E-state index contributed by atoms with van der Waals surface area (Å²) in [6, 6.07) is 0. The number of aliphatic hydroxyl groups excluding tert-OH is 1. The van der Waals surface area contributed by atoms with Crippen LogP contribution in [-0.2, 0) is 0 Å². The lowest BCUT2D eigenvalue weighted by Crippen LogP contribution is -2.59. The maximum atomic E-state index is 12.5. The Kier molecular flexibility index (Phi) is 1.96. The summed E-state index contributed by atoms with van der Waals surface area (Å²) in [6.07, 6.45) is -0.833. The molecule has 0 atom stereocenters. The smallest absolute Gasteiger partial charge is 0.249 e. The highest BCUT2D eigenvalue weighted by Crippen LogP contribution is 2.56. The Morgan fingerprint density at radius 3 is 1.83 bits per heavy atom. The van der Waals surface area contributed by atoms with Gasteiger partial charge in [0, 0.05) is 18.3 Å². The number of aliphatic hydroxyl groups is 2. The third kappa shape index (κ3) is 1.33. The van der Waals surface area contributed by atoms with Crippen LogP contribution in [0.2, 0.25) is 0 Å². The first-order valence-electron chi connectivity index (χ1n) is 3.94. The topological polar surface area (TPSA) is 40.5 Å². The number of hydrogen-bond acceptors (Lipinski definition) is 2. The SMILES string of the molecule is CC(C)(O)C1(CO)CC(F)(F)C1. The molecule has 0 unspecified atom stereocenters. The van der Waals surface area contributed by atoms with Gasteiger partial charge < -0.3 is 10.2 Å². The van der Waals surface area contributed by atoms with Crippen molar-refractivity contribution < 1.29 is 19.0 Å². The highest BCUT2D eigenvalue weighted by Gasteiger charge is 2.62. The quantitative estimate of drug-likeness (QED) is 0.669. The molecular formula is C8H14F2O2. The molecule has 2 N–H and O–H groups in total. The van der Waals surface area contributed by atoms with Gasteiger partial charge in [0.2, 0.25) is 5.92 Å². The third-order valence-electron chi connectivity index (χ3n) is 2.79. The van der Waals surface area contributed by atoms with Crippen molar-refractivity contribution >= 4 is 0 Å². The summed E-state index contributed by atoms with van der Waals surface area (Å²) in [6.45, 7) is 2.53. The van der Waals surface area contributed by atoms with E-state index in [1.807, 2.05) is 0 Å². The highest BCUT2D eigenvalue weighted by molar-refractivity contribution is 5.06. The van der Waals surface area contributed by atoms with E-state index in [-0.39, 0.29) is 6.61 Å². The molecule has 4 heteroatoms. The largest absolute Gasteiger partial charge is 0.396 e. The number of hydrogen-bond donors (Lipinski definition) is 2. The summed E-state index contributed by atoms with van der Waals surface area (Å²) < 4.78 is 25.1. The average Bonchev–Trinajstić information content (AvgIpc) is 1.78. The summed E-state index contributed by atoms with van der Waals surface area (Å²) in [4.78, 5) is 0. The van der Waals surface area contributed by atoms with E-state index in [0.29, 0.717) is 0 Å². The first-order valence-corrected chi connectivity index (χ1v) is 3.94. The van der Waals surface area contributed by atoms with E-state index >= 15 is 0 Å². The molecule has 0 aromatic rings. The molecule has 2 nitrogen and oxygen atoms in total. The van der Waals surface area contributed by atoms with Gasteiger partial charge in [-0.25, -0.2) is 8.78 Å². The molecule has 1 aliphatic rings. The lowest BCUT2D eigenvalue weighted by molar-refractivity contribution is -0.241. The second-order valence-electron chi connectivity index (χ2n) is 4.21. The van der Waals surface area contributed by atoms with Crippen molar-refractivity contribution in [1.29, 1.82) is 0 Å². The summed E-state index contributed by atoms with van der Waals surface area (Å²) in [5.41, 5.74) is -2.24. The Labute approximate surface area is 70.2 Å². The Balaban J connectivity index is 2.72. The molecule has 12 heavy (non-hydrogen) atoms. The molecule has 0 amide bonds. The Morgan fingerprint density at radius 1 is 1.33 bits per heavy atom. The molecule has 72 valence electrons. The van der Waals surface area contributed by atoms with E-state index in [4.69, 9.17) is 5.11 Å². The van der Waals surface area contributed by atoms with Crippen LogP contribution in [-0.4, -0.2) is 28.3 Å². The van der Waals surface area contributed by atoms with Crippen molar-refractivity contribution in [1.82, 2.24) is 0 Å². The molecule has 1 fully saturated rings. The maximum Gasteiger partial charge on any atom is 0.249 e. The van der Waals surface area contributed by atoms with Crippen LogP contribution in [0, 0.1) is 5.41 Å². The minimum absolute atomic E-state index is 0.383. The second-order valence-corrected chi connectivity index (χ2v) is 4.21. The van der Waals surface area contributed by atoms with Crippen molar-refractivity contribution in [3.63, 3.8) is 0 Å². The van der Waals surface area contributed by atoms with Crippen molar-refractivity contribution in [3.05, 3.63) is 0 Å². The predicted molar refractivity (Wildman–Crippen MR) is 40.0 cm³/mol. The van der Waals surface area contributed by atoms with Crippen LogP contribution in [0.1, 0.15) is 26.7 Å². The predicted octanol–water partition coefficient (Wildman–Crippen LogP) is 1.17. The molecule has 0 saturated heterocycles. The molecule has 0 aromatic heterocycles. The Hall–Kier alpha value is -0.220. The molecule has 0 spiro atoms. The van der Waals surface area contributed by atoms with Crippen LogP contribution >= 0.6 is 0 Å². The monoisotopic (exact) mass is 180 g/mol. The summed E-state index contributed by atoms with van der Waals surface area (Å²) in [5.74, 6) is -2.71. The summed E-state index contributed by atoms with van der Waals surface area (Å²) in [5, 5.41) is 18.4. The van der Waals surface area contributed by atoms with Gasteiger partial charge in [-0.3, -0.25) is 0 Å². The minimum Gasteiger partial charge on any atom is -0.396 e. The summed E-state index contributed by atoms with van der Waals surface area (Å²) in [7, 11) is 0. The molecular weight excluding hydrogens is 166 g/mol. The fourth-order valence-electron chi connectivity index (χ4n) is 1.68. The van der Waals surface area contributed by atoms with Gasteiger partial charge in [-0.15, -0.1) is 0 Å². The number of halogens is 2. The number of alkyl halides is 2. The van der Waals surface area contributed by atoms with Gasteiger partial charge in [0.15, 0.2) is 0 Å². The maximum absolute atomic E-state index is 12.5. The fraction of sp³-hybridized carbons (Fsp3) is 1.00. The van der Waals surface area contributed by atoms with Gasteiger partial charge in [-0.2, -0.15) is 0 Å². The van der Waals surface area contributed by atoms with E-state index in [1.165, 1.54) is 13.8 Å². The highest BCUT2D eigenvalue weighted by atomic mass is 19.3. The zero-order valence-electron chi connectivity index (χ0n) is 7.27. The van der Waals surface area contributed by atoms with Gasteiger partial charge in [0.1, 0.15) is 0 Å².